The van der Waals surface area contributed by atoms with Crippen molar-refractivity contribution >= 4 is 37.0 Å². The van der Waals surface area contributed by atoms with Gasteiger partial charge in [0.15, 0.2) is 37.3 Å². The van der Waals surface area contributed by atoms with Crippen LogP contribution in [0, 0.1) is 11.8 Å². The summed E-state index contributed by atoms with van der Waals surface area (Å²) in [7, 11) is -6.01. The molecule has 3 aliphatic rings. The third kappa shape index (κ3) is 17.7. The minimum atomic E-state index is -2.16. The monoisotopic (exact) mass is 1040 g/mol. The van der Waals surface area contributed by atoms with E-state index in [1.165, 1.54) is 0 Å². The Morgan fingerprint density at radius 3 is 2.03 bits per heavy atom. The van der Waals surface area contributed by atoms with E-state index in [1.54, 1.807) is 4.90 Å². The summed E-state index contributed by atoms with van der Waals surface area (Å²) in [5.41, 5.74) is -0.678. The highest BCUT2D eigenvalue weighted by Crippen LogP contribution is 2.43. The first-order valence-electron chi connectivity index (χ1n) is 28.1. The number of piperazine rings is 1. The van der Waals surface area contributed by atoms with Gasteiger partial charge in [-0.1, -0.05) is 107 Å². The Morgan fingerprint density at radius 1 is 0.900 bits per heavy atom. The highest BCUT2D eigenvalue weighted by Gasteiger charge is 2.51. The molecule has 2 saturated heterocycles. The van der Waals surface area contributed by atoms with Crippen LogP contribution in [0.25, 0.3) is 0 Å². The molecule has 3 rings (SSSR count). The van der Waals surface area contributed by atoms with E-state index in [2.05, 4.69) is 114 Å². The van der Waals surface area contributed by atoms with Crippen LogP contribution >= 0.6 is 0 Å². The lowest BCUT2D eigenvalue weighted by Crippen LogP contribution is -2.52. The molecule has 0 spiro atoms. The number of hydrogen-bond acceptors (Lipinski definition) is 11. The first-order valence-corrected chi connectivity index (χ1v) is 35.7. The molecule has 3 heterocycles. The van der Waals surface area contributed by atoms with Crippen LogP contribution in [0.3, 0.4) is 0 Å². The minimum Gasteiger partial charge on any atom is -0.457 e. The molecule has 0 radical (unpaired) electrons. The number of hydrogen-bond donors (Lipinski definition) is 1. The molecule has 11 atom stereocenters. The second-order valence-corrected chi connectivity index (χ2v) is 35.5. The predicted molar refractivity (Wildman–Crippen MR) is 294 cm³/mol. The minimum absolute atomic E-state index is 0.0768. The maximum absolute atomic E-state index is 14.3. The van der Waals surface area contributed by atoms with Gasteiger partial charge < -0.3 is 47.2 Å². The second-order valence-electron chi connectivity index (χ2n) is 21.3. The van der Waals surface area contributed by atoms with E-state index in [0.717, 1.165) is 72.8 Å². The van der Waals surface area contributed by atoms with Gasteiger partial charge in [0.05, 0.1) is 30.3 Å². The van der Waals surface area contributed by atoms with Gasteiger partial charge in [0.1, 0.15) is 11.7 Å². The van der Waals surface area contributed by atoms with E-state index in [0.29, 0.717) is 45.6 Å². The molecular weight excluding hydrogens is 933 g/mol. The van der Waals surface area contributed by atoms with Crippen LogP contribution in [0.4, 0.5) is 4.79 Å². The molecule has 406 valence electrons. The number of nitrogens with zero attached hydrogens (tertiary/aromatic N) is 1. The fourth-order valence-corrected chi connectivity index (χ4v) is 20.1. The SMILES string of the molecule is CCO[C@H](C)O[C@]1(C)CC[C@@H](O[Si](CC)(CC)CC)CC(=O)O[C@H](/C(C)=C/C=C/[C@@](C)(C[C@H]2O[C@@H]2[C@H](C)[C@H](CC)O[Si](CC)(CC)CC)O[Si](CC)(CC)CC)[C@@H](C)/C=C/[C@@H]1OC(=O)N1CCNCC1. The van der Waals surface area contributed by atoms with E-state index in [1.807, 2.05) is 39.8 Å². The van der Waals surface area contributed by atoms with Crippen molar-refractivity contribution in [1.82, 2.24) is 10.2 Å². The summed E-state index contributed by atoms with van der Waals surface area (Å²) in [6.07, 6.45) is 10.9. The Bertz CT molecular complexity index is 1620. The van der Waals surface area contributed by atoms with Gasteiger partial charge in [-0.3, -0.25) is 4.79 Å². The highest BCUT2D eigenvalue weighted by molar-refractivity contribution is 6.74. The number of allylic oxidation sites excluding steroid dienone is 2. The Labute approximate surface area is 430 Å². The van der Waals surface area contributed by atoms with Crippen LogP contribution in [-0.4, -0.2) is 129 Å². The molecule has 0 aromatic carbocycles. The van der Waals surface area contributed by atoms with Gasteiger partial charge in [0, 0.05) is 57.1 Å². The number of nitrogens with one attached hydrogen (secondary N) is 1. The van der Waals surface area contributed by atoms with Gasteiger partial charge in [-0.25, -0.2) is 4.79 Å². The lowest BCUT2D eigenvalue weighted by atomic mass is 9.88. The predicted octanol–water partition coefficient (Wildman–Crippen LogP) is 13.1. The van der Waals surface area contributed by atoms with Crippen LogP contribution in [0.1, 0.15) is 150 Å². The number of carbonyl (C=O) groups is 2. The van der Waals surface area contributed by atoms with Crippen molar-refractivity contribution in [1.29, 1.82) is 0 Å². The first kappa shape index (κ1) is 62.6. The zero-order valence-electron chi connectivity index (χ0n) is 47.5. The van der Waals surface area contributed by atoms with E-state index < -0.39 is 60.8 Å². The smallest absolute Gasteiger partial charge is 0.410 e. The maximum atomic E-state index is 14.3. The maximum Gasteiger partial charge on any atom is 0.410 e. The Hall–Kier alpha value is -1.67. The second kappa shape index (κ2) is 29.4. The summed E-state index contributed by atoms with van der Waals surface area (Å²) in [6.45, 7) is 40.1. The summed E-state index contributed by atoms with van der Waals surface area (Å²) in [5, 5.41) is 3.33. The van der Waals surface area contributed by atoms with Gasteiger partial charge >= 0.3 is 12.1 Å². The molecule has 1 amide bonds. The van der Waals surface area contributed by atoms with Crippen LogP contribution in [-0.2, 0) is 41.8 Å². The summed E-state index contributed by atoms with van der Waals surface area (Å²) < 4.78 is 53.9. The first-order chi connectivity index (χ1) is 33.2. The number of esters is 1. The molecule has 15 heteroatoms. The standard InChI is InChI=1S/C55H104N2O10Si3/c1-18-47(66-69(23-6,24-7)25-8)44(14)52-48(61-52)41-54(16,67-70(26-9,27-10)28-11)34-29-30-42(12)51-43(13)31-32-49(62-53(59)57-38-36-56-37-39-57)55(17,64-45(15)60-19-2)35-33-46(40-50(58)63-51)65-68(20-3,21-4)22-5/h29-32,34,43-49,51-52,56H,18-28,33,35-41H2,1-17H3/b32-31+,34-29+,42-30+/t43-,44+,45-,46+,47-,48+,49-,51+,52+,54-,55+/m0/s1. The molecule has 1 N–H and O–H groups in total. The molecular formula is C55H104N2O10Si3. The number of cyclic esters (lactones) is 1. The quantitative estimate of drug-likeness (QED) is 0.0201. The third-order valence-corrected chi connectivity index (χ3v) is 30.9. The molecule has 0 saturated carbocycles. The van der Waals surface area contributed by atoms with Gasteiger partial charge in [-0.05, 0) is 120 Å². The van der Waals surface area contributed by atoms with Crippen molar-refractivity contribution in [3.63, 3.8) is 0 Å². The van der Waals surface area contributed by atoms with Crippen LogP contribution in [0.5, 0.6) is 0 Å². The van der Waals surface area contributed by atoms with Crippen LogP contribution < -0.4 is 5.32 Å². The van der Waals surface area contributed by atoms with Crippen molar-refractivity contribution in [2.24, 2.45) is 11.8 Å². The van der Waals surface area contributed by atoms with Gasteiger partial charge in [0.2, 0.25) is 0 Å². The topological polar surface area (TPSA) is 127 Å². The summed E-state index contributed by atoms with van der Waals surface area (Å²) in [4.78, 5) is 30.0. The molecule has 3 aliphatic heterocycles. The van der Waals surface area contributed by atoms with Gasteiger partial charge in [-0.2, -0.15) is 0 Å². The van der Waals surface area contributed by atoms with E-state index in [4.69, 9.17) is 37.0 Å². The van der Waals surface area contributed by atoms with Gasteiger partial charge in [-0.15, -0.1) is 0 Å². The van der Waals surface area contributed by atoms with Crippen LogP contribution in [0.2, 0.25) is 54.4 Å². The van der Waals surface area contributed by atoms with Crippen molar-refractivity contribution in [2.45, 2.75) is 258 Å². The molecule has 0 aliphatic carbocycles. The number of carbonyl (C=O) groups excluding carboxylic acids is 2. The van der Waals surface area contributed by atoms with E-state index in [9.17, 15) is 9.59 Å². The number of ether oxygens (including phenoxy) is 5. The number of rotatable bonds is 28. The van der Waals surface area contributed by atoms with E-state index in [-0.39, 0.29) is 48.6 Å². The fraction of sp³-hybridized carbons (Fsp3) is 0.855. The molecule has 0 unspecified atom stereocenters. The average molecular weight is 1040 g/mol. The van der Waals surface area contributed by atoms with Crippen molar-refractivity contribution in [3.8, 4) is 0 Å². The Balaban J connectivity index is 2.09. The van der Waals surface area contributed by atoms with Crippen LogP contribution in [0.15, 0.2) is 36.0 Å². The zero-order valence-corrected chi connectivity index (χ0v) is 50.5. The van der Waals surface area contributed by atoms with Gasteiger partial charge in [0.25, 0.3) is 0 Å². The Kier molecular flexibility index (Phi) is 26.3. The molecule has 0 bridgehead atoms. The largest absolute Gasteiger partial charge is 0.457 e. The third-order valence-electron chi connectivity index (χ3n) is 16.8. The van der Waals surface area contributed by atoms with E-state index >= 15 is 0 Å². The average Bonchev–Trinajstić information content (AvgIpc) is 4.13. The molecule has 2 fully saturated rings. The normalized spacial score (nSPS) is 28.3. The molecule has 12 nitrogen and oxygen atoms in total. The highest BCUT2D eigenvalue weighted by atomic mass is 28.4. The molecule has 70 heavy (non-hydrogen) atoms. The number of epoxide rings is 1. The summed E-state index contributed by atoms with van der Waals surface area (Å²) >= 11 is 0. The lowest BCUT2D eigenvalue weighted by molar-refractivity contribution is -0.222. The molecule has 0 aromatic heterocycles. The van der Waals surface area contributed by atoms with Crippen molar-refractivity contribution in [2.75, 3.05) is 32.8 Å². The fourth-order valence-electron chi connectivity index (χ4n) is 11.1. The van der Waals surface area contributed by atoms with Crippen molar-refractivity contribution in [3.05, 3.63) is 36.0 Å². The lowest BCUT2D eigenvalue weighted by Gasteiger charge is -2.41. The Morgan fingerprint density at radius 2 is 1.49 bits per heavy atom. The summed E-state index contributed by atoms with van der Waals surface area (Å²) in [5.74, 6) is -0.291. The zero-order chi connectivity index (χ0) is 52.3. The van der Waals surface area contributed by atoms with Crippen molar-refractivity contribution < 1.29 is 46.6 Å². The molecule has 0 aromatic rings. The summed E-state index contributed by atoms with van der Waals surface area (Å²) in [6, 6.07) is 9.37. The number of amides is 1.